The van der Waals surface area contributed by atoms with Gasteiger partial charge < -0.3 is 8.98 Å². The molecule has 0 aliphatic heterocycles. The molecule has 6 aromatic carbocycles. The number of fused-ring (bicyclic) bond motifs is 9. The molecule has 0 saturated carbocycles. The molecule has 0 radical (unpaired) electrons. The second-order valence-electron chi connectivity index (χ2n) is 10.4. The highest BCUT2D eigenvalue weighted by atomic mass is 32.1. The lowest BCUT2D eigenvalue weighted by molar-refractivity contribution is 0.666. The number of benzene rings is 6. The van der Waals surface area contributed by atoms with Crippen LogP contribution in [0.4, 0.5) is 0 Å². The molecule has 41 heavy (non-hydrogen) atoms. The SMILES string of the molecule is N#Cc1ccc2c(c1)c1ccccc1n2-c1cccc2c1oc1ccc(-c3cccc4sc5ccccc5c34)cc12. The molecule has 3 heterocycles. The second kappa shape index (κ2) is 8.32. The molecule has 0 fully saturated rings. The van der Waals surface area contributed by atoms with Crippen molar-refractivity contribution in [3.63, 3.8) is 0 Å². The van der Waals surface area contributed by atoms with Gasteiger partial charge in [0.2, 0.25) is 0 Å². The van der Waals surface area contributed by atoms with Crippen LogP contribution >= 0.6 is 11.3 Å². The predicted octanol–water partition coefficient (Wildman–Crippen LogP) is 10.6. The van der Waals surface area contributed by atoms with Crippen LogP contribution < -0.4 is 0 Å². The van der Waals surface area contributed by atoms with Gasteiger partial charge in [-0.1, -0.05) is 66.7 Å². The zero-order valence-corrected chi connectivity index (χ0v) is 22.6. The van der Waals surface area contributed by atoms with Gasteiger partial charge in [0.15, 0.2) is 5.58 Å². The van der Waals surface area contributed by atoms with E-state index >= 15 is 0 Å². The van der Waals surface area contributed by atoms with E-state index in [9.17, 15) is 5.26 Å². The Morgan fingerprint density at radius 2 is 1.39 bits per heavy atom. The molecule has 0 unspecified atom stereocenters. The Bertz CT molecular complexity index is 2560. The van der Waals surface area contributed by atoms with Gasteiger partial charge in [-0.15, -0.1) is 11.3 Å². The van der Waals surface area contributed by atoms with Crippen molar-refractivity contribution in [1.29, 1.82) is 5.26 Å². The van der Waals surface area contributed by atoms with Crippen LogP contribution in [-0.2, 0) is 0 Å². The summed E-state index contributed by atoms with van der Waals surface area (Å²) < 4.78 is 11.5. The second-order valence-corrected chi connectivity index (χ2v) is 11.5. The van der Waals surface area contributed by atoms with Crippen molar-refractivity contribution in [1.82, 2.24) is 4.57 Å². The van der Waals surface area contributed by atoms with Crippen molar-refractivity contribution in [3.05, 3.63) is 127 Å². The standard InChI is InChI=1S/C37H20N2OS/c38-21-22-15-17-31-28(19-22)25-7-1-3-11-30(25)39(31)32-12-5-10-26-29-20-23(16-18-33(29)40-37(26)32)24-9-6-14-35-36(24)27-8-2-4-13-34(27)41-35/h1-20H. The monoisotopic (exact) mass is 540 g/mol. The Labute approximate surface area is 238 Å². The molecular formula is C37H20N2OS. The third-order valence-corrected chi connectivity index (χ3v) is 9.37. The molecule has 0 spiro atoms. The van der Waals surface area contributed by atoms with E-state index in [0.29, 0.717) is 5.56 Å². The number of furan rings is 1. The van der Waals surface area contributed by atoms with Crippen LogP contribution in [0.5, 0.6) is 0 Å². The van der Waals surface area contributed by atoms with Gasteiger partial charge in [0.1, 0.15) is 5.58 Å². The third-order valence-electron chi connectivity index (χ3n) is 8.23. The van der Waals surface area contributed by atoms with Crippen LogP contribution in [0.1, 0.15) is 5.56 Å². The van der Waals surface area contributed by atoms with E-state index < -0.39 is 0 Å². The van der Waals surface area contributed by atoms with Crippen molar-refractivity contribution in [2.45, 2.75) is 0 Å². The summed E-state index contributed by atoms with van der Waals surface area (Å²) in [4.78, 5) is 0. The summed E-state index contributed by atoms with van der Waals surface area (Å²) >= 11 is 1.84. The Kier molecular flexibility index (Phi) is 4.55. The van der Waals surface area contributed by atoms with E-state index in [1.807, 2.05) is 35.6 Å². The molecule has 0 bridgehead atoms. The Hall–Kier alpha value is -5.37. The average molecular weight is 541 g/mol. The van der Waals surface area contributed by atoms with Gasteiger partial charge in [0.05, 0.1) is 28.4 Å². The molecule has 9 aromatic rings. The minimum atomic E-state index is 0.656. The maximum Gasteiger partial charge on any atom is 0.159 e. The van der Waals surface area contributed by atoms with Crippen LogP contribution in [0.25, 0.3) is 80.7 Å². The van der Waals surface area contributed by atoms with Gasteiger partial charge in [-0.2, -0.15) is 5.26 Å². The van der Waals surface area contributed by atoms with Gasteiger partial charge >= 0.3 is 0 Å². The van der Waals surface area contributed by atoms with E-state index in [2.05, 4.69) is 108 Å². The highest BCUT2D eigenvalue weighted by Crippen LogP contribution is 2.42. The minimum absolute atomic E-state index is 0.656. The largest absolute Gasteiger partial charge is 0.454 e. The fraction of sp³-hybridized carbons (Fsp3) is 0. The average Bonchev–Trinajstić information content (AvgIpc) is 3.70. The lowest BCUT2D eigenvalue weighted by Crippen LogP contribution is -1.94. The first-order valence-corrected chi connectivity index (χ1v) is 14.4. The van der Waals surface area contributed by atoms with E-state index in [0.717, 1.165) is 49.4 Å². The number of para-hydroxylation sites is 2. The van der Waals surface area contributed by atoms with Crippen molar-refractivity contribution < 1.29 is 4.42 Å². The van der Waals surface area contributed by atoms with Crippen LogP contribution in [0.15, 0.2) is 126 Å². The Balaban J connectivity index is 1.31. The van der Waals surface area contributed by atoms with Gasteiger partial charge in [0.25, 0.3) is 0 Å². The van der Waals surface area contributed by atoms with Crippen molar-refractivity contribution >= 4 is 75.3 Å². The molecule has 0 saturated heterocycles. The van der Waals surface area contributed by atoms with Crippen molar-refractivity contribution in [2.75, 3.05) is 0 Å². The van der Waals surface area contributed by atoms with Gasteiger partial charge in [0, 0.05) is 41.7 Å². The molecular weight excluding hydrogens is 520 g/mol. The summed E-state index contributed by atoms with van der Waals surface area (Å²) in [7, 11) is 0. The van der Waals surface area contributed by atoms with Crippen LogP contribution in [0.3, 0.4) is 0 Å². The number of hydrogen-bond acceptors (Lipinski definition) is 3. The highest BCUT2D eigenvalue weighted by molar-refractivity contribution is 7.25. The first-order valence-electron chi connectivity index (χ1n) is 13.6. The highest BCUT2D eigenvalue weighted by Gasteiger charge is 2.19. The van der Waals surface area contributed by atoms with Crippen LogP contribution in [-0.4, -0.2) is 4.57 Å². The van der Waals surface area contributed by atoms with E-state index in [1.54, 1.807) is 0 Å². The van der Waals surface area contributed by atoms with E-state index in [4.69, 9.17) is 4.42 Å². The van der Waals surface area contributed by atoms with E-state index in [1.165, 1.54) is 31.3 Å². The quantitative estimate of drug-likeness (QED) is 0.219. The number of thiophene rings is 1. The van der Waals surface area contributed by atoms with Crippen LogP contribution in [0, 0.1) is 11.3 Å². The molecule has 0 aliphatic rings. The first-order chi connectivity index (χ1) is 20.3. The Morgan fingerprint density at radius 1 is 0.610 bits per heavy atom. The number of rotatable bonds is 2. The fourth-order valence-electron chi connectivity index (χ4n) is 6.44. The predicted molar refractivity (Wildman–Crippen MR) is 171 cm³/mol. The Morgan fingerprint density at radius 3 is 2.32 bits per heavy atom. The third kappa shape index (κ3) is 3.12. The lowest BCUT2D eigenvalue weighted by Gasteiger charge is -2.08. The molecule has 4 heteroatoms. The summed E-state index contributed by atoms with van der Waals surface area (Å²) in [5.41, 5.74) is 7.92. The number of hydrogen-bond donors (Lipinski definition) is 0. The number of nitrogens with zero attached hydrogens (tertiary/aromatic N) is 2. The van der Waals surface area contributed by atoms with Gasteiger partial charge in [-0.3, -0.25) is 0 Å². The molecule has 0 N–H and O–H groups in total. The molecule has 0 amide bonds. The van der Waals surface area contributed by atoms with Gasteiger partial charge in [-0.05, 0) is 65.7 Å². The van der Waals surface area contributed by atoms with E-state index in [-0.39, 0.29) is 0 Å². The minimum Gasteiger partial charge on any atom is -0.454 e. The molecule has 0 atom stereocenters. The van der Waals surface area contributed by atoms with Gasteiger partial charge in [-0.25, -0.2) is 0 Å². The zero-order valence-electron chi connectivity index (χ0n) is 21.8. The maximum absolute atomic E-state index is 9.55. The molecule has 3 aromatic heterocycles. The summed E-state index contributed by atoms with van der Waals surface area (Å²) in [5.74, 6) is 0. The maximum atomic E-state index is 9.55. The topological polar surface area (TPSA) is 41.9 Å². The molecule has 0 aliphatic carbocycles. The van der Waals surface area contributed by atoms with Crippen LogP contribution in [0.2, 0.25) is 0 Å². The van der Waals surface area contributed by atoms with Crippen molar-refractivity contribution in [2.24, 2.45) is 0 Å². The summed E-state index contributed by atoms with van der Waals surface area (Å²) in [6.45, 7) is 0. The summed E-state index contributed by atoms with van der Waals surface area (Å²) in [5, 5.41) is 16.5. The summed E-state index contributed by atoms with van der Waals surface area (Å²) in [6, 6.07) is 44.7. The number of aromatic nitrogens is 1. The molecule has 9 rings (SSSR count). The molecule has 190 valence electrons. The first kappa shape index (κ1) is 22.4. The summed E-state index contributed by atoms with van der Waals surface area (Å²) in [6.07, 6.45) is 0. The fourth-order valence-corrected chi connectivity index (χ4v) is 7.58. The zero-order chi connectivity index (χ0) is 27.1. The molecule has 3 nitrogen and oxygen atoms in total. The number of nitriles is 1. The normalized spacial score (nSPS) is 11.9. The van der Waals surface area contributed by atoms with Crippen molar-refractivity contribution in [3.8, 4) is 22.9 Å². The smallest absolute Gasteiger partial charge is 0.159 e. The lowest BCUT2D eigenvalue weighted by atomic mass is 9.98.